The summed E-state index contributed by atoms with van der Waals surface area (Å²) in [5.74, 6) is -3.08. The van der Waals surface area contributed by atoms with E-state index in [-0.39, 0.29) is 16.9 Å². The van der Waals surface area contributed by atoms with Gasteiger partial charge in [0.05, 0.1) is 18.1 Å². The third-order valence-electron chi connectivity index (χ3n) is 3.04. The smallest absolute Gasteiger partial charge is 0.319 e. The maximum Gasteiger partial charge on any atom is 0.435 e. The van der Waals surface area contributed by atoms with Crippen molar-refractivity contribution in [2.24, 2.45) is 0 Å². The molecule has 0 spiro atoms. The van der Waals surface area contributed by atoms with E-state index in [4.69, 9.17) is 0 Å². The number of alkyl halides is 3. The number of hydrogen-bond donors (Lipinski definition) is 1. The Kier molecular flexibility index (Phi) is 3.66. The summed E-state index contributed by atoms with van der Waals surface area (Å²) in [7, 11) is 0. The Bertz CT molecular complexity index is 935. The molecule has 2 aromatic heterocycles. The molecule has 0 aliphatic heterocycles. The molecule has 24 heavy (non-hydrogen) atoms. The van der Waals surface area contributed by atoms with Crippen LogP contribution in [0.15, 0.2) is 36.7 Å². The van der Waals surface area contributed by atoms with Gasteiger partial charge >= 0.3 is 6.18 Å². The standard InChI is InChI=1S/C14H7F5N4O/c15-9-2-1-7(3-10(9)16)13(24)21-8-5-20-12-4-11(14(17,18)19)22-23(12)6-8/h1-6H,(H,21,24). The number of benzene rings is 1. The van der Waals surface area contributed by atoms with Crippen molar-refractivity contribution in [2.45, 2.75) is 6.18 Å². The zero-order valence-corrected chi connectivity index (χ0v) is 11.6. The van der Waals surface area contributed by atoms with E-state index in [1.54, 1.807) is 0 Å². The molecule has 3 rings (SSSR count). The number of carbonyl (C=O) groups excluding carboxylic acids is 1. The molecule has 1 amide bonds. The van der Waals surface area contributed by atoms with Crippen LogP contribution in [0.3, 0.4) is 0 Å². The number of fused-ring (bicyclic) bond motifs is 1. The lowest BCUT2D eigenvalue weighted by molar-refractivity contribution is -0.141. The molecule has 3 aromatic rings. The number of aromatic nitrogens is 3. The maximum absolute atomic E-state index is 13.1. The van der Waals surface area contributed by atoms with E-state index in [0.717, 1.165) is 35.1 Å². The van der Waals surface area contributed by atoms with Crippen LogP contribution in [-0.4, -0.2) is 20.5 Å². The molecular formula is C14H7F5N4O. The number of amides is 1. The molecule has 0 aliphatic rings. The van der Waals surface area contributed by atoms with Gasteiger partial charge in [-0.05, 0) is 18.2 Å². The summed E-state index contributed by atoms with van der Waals surface area (Å²) in [4.78, 5) is 15.7. The van der Waals surface area contributed by atoms with Crippen LogP contribution in [0.2, 0.25) is 0 Å². The zero-order chi connectivity index (χ0) is 17.5. The molecule has 2 heterocycles. The molecule has 1 N–H and O–H groups in total. The highest BCUT2D eigenvalue weighted by Crippen LogP contribution is 2.28. The van der Waals surface area contributed by atoms with Gasteiger partial charge in [0.1, 0.15) is 0 Å². The second-order valence-corrected chi connectivity index (χ2v) is 4.76. The molecule has 124 valence electrons. The summed E-state index contributed by atoms with van der Waals surface area (Å²) < 4.78 is 64.6. The fourth-order valence-corrected chi connectivity index (χ4v) is 1.92. The summed E-state index contributed by atoms with van der Waals surface area (Å²) in [6.45, 7) is 0. The van der Waals surface area contributed by atoms with Crippen LogP contribution in [0, 0.1) is 11.6 Å². The first-order valence-electron chi connectivity index (χ1n) is 6.43. The van der Waals surface area contributed by atoms with Crippen LogP contribution in [0.1, 0.15) is 16.1 Å². The Morgan fingerprint density at radius 2 is 1.88 bits per heavy atom. The first kappa shape index (κ1) is 15.8. The number of anilines is 1. The second-order valence-electron chi connectivity index (χ2n) is 4.76. The van der Waals surface area contributed by atoms with Gasteiger partial charge in [-0.1, -0.05) is 0 Å². The molecule has 10 heteroatoms. The minimum Gasteiger partial charge on any atom is -0.319 e. The van der Waals surface area contributed by atoms with E-state index < -0.39 is 29.4 Å². The maximum atomic E-state index is 13.1. The minimum atomic E-state index is -4.62. The zero-order valence-electron chi connectivity index (χ0n) is 11.6. The van der Waals surface area contributed by atoms with Crippen molar-refractivity contribution in [1.82, 2.24) is 14.6 Å². The number of nitrogens with one attached hydrogen (secondary N) is 1. The van der Waals surface area contributed by atoms with Gasteiger partial charge in [-0.3, -0.25) is 4.79 Å². The highest BCUT2D eigenvalue weighted by atomic mass is 19.4. The Hall–Kier alpha value is -3.04. The fraction of sp³-hybridized carbons (Fsp3) is 0.0714. The molecule has 0 fully saturated rings. The van der Waals surface area contributed by atoms with Gasteiger partial charge in [-0.15, -0.1) is 0 Å². The van der Waals surface area contributed by atoms with Crippen molar-refractivity contribution >= 4 is 17.2 Å². The largest absolute Gasteiger partial charge is 0.435 e. The second kappa shape index (κ2) is 5.55. The number of rotatable bonds is 2. The quantitative estimate of drug-likeness (QED) is 0.727. The van der Waals surface area contributed by atoms with Gasteiger partial charge < -0.3 is 5.32 Å². The normalized spacial score (nSPS) is 11.7. The Balaban J connectivity index is 1.86. The summed E-state index contributed by atoms with van der Waals surface area (Å²) in [6.07, 6.45) is -2.38. The predicted octanol–water partition coefficient (Wildman–Crippen LogP) is 3.28. The van der Waals surface area contributed by atoms with E-state index in [0.29, 0.717) is 6.07 Å². The molecule has 0 unspecified atom stereocenters. The van der Waals surface area contributed by atoms with Crippen molar-refractivity contribution < 1.29 is 26.7 Å². The minimum absolute atomic E-state index is 0.0362. The number of carbonyl (C=O) groups is 1. The van der Waals surface area contributed by atoms with Gasteiger partial charge in [0, 0.05) is 11.6 Å². The number of hydrogen-bond acceptors (Lipinski definition) is 3. The van der Waals surface area contributed by atoms with Crippen LogP contribution in [0.25, 0.3) is 5.65 Å². The third kappa shape index (κ3) is 3.03. The summed E-state index contributed by atoms with van der Waals surface area (Å²) in [6, 6.07) is 3.30. The van der Waals surface area contributed by atoms with Crippen molar-refractivity contribution in [2.75, 3.05) is 5.32 Å². The molecule has 0 atom stereocenters. The van der Waals surface area contributed by atoms with Crippen LogP contribution < -0.4 is 5.32 Å². The molecule has 0 bridgehead atoms. The van der Waals surface area contributed by atoms with Crippen molar-refractivity contribution in [1.29, 1.82) is 0 Å². The number of nitrogens with zero attached hydrogens (tertiary/aromatic N) is 3. The van der Waals surface area contributed by atoms with Crippen molar-refractivity contribution in [3.63, 3.8) is 0 Å². The molecule has 1 aromatic carbocycles. The molecule has 0 saturated heterocycles. The molecular weight excluding hydrogens is 335 g/mol. The van der Waals surface area contributed by atoms with E-state index >= 15 is 0 Å². The van der Waals surface area contributed by atoms with E-state index in [1.165, 1.54) is 0 Å². The SMILES string of the molecule is O=C(Nc1cnc2cc(C(F)(F)F)nn2c1)c1ccc(F)c(F)c1. The van der Waals surface area contributed by atoms with E-state index in [1.807, 2.05) is 0 Å². The van der Waals surface area contributed by atoms with Crippen LogP contribution in [-0.2, 0) is 6.18 Å². The van der Waals surface area contributed by atoms with Crippen molar-refractivity contribution in [3.8, 4) is 0 Å². The summed E-state index contributed by atoms with van der Waals surface area (Å²) in [5.41, 5.74) is -1.31. The number of halogens is 5. The lowest BCUT2D eigenvalue weighted by Crippen LogP contribution is -2.13. The van der Waals surface area contributed by atoms with E-state index in [9.17, 15) is 26.7 Å². The topological polar surface area (TPSA) is 59.3 Å². The van der Waals surface area contributed by atoms with Crippen LogP contribution in [0.5, 0.6) is 0 Å². The Labute approximate surface area is 130 Å². The monoisotopic (exact) mass is 342 g/mol. The Morgan fingerprint density at radius 3 is 2.54 bits per heavy atom. The fourth-order valence-electron chi connectivity index (χ4n) is 1.92. The Morgan fingerprint density at radius 1 is 1.12 bits per heavy atom. The van der Waals surface area contributed by atoms with Gasteiger partial charge in [-0.25, -0.2) is 18.3 Å². The predicted molar refractivity (Wildman–Crippen MR) is 72.3 cm³/mol. The lowest BCUT2D eigenvalue weighted by Gasteiger charge is -2.05. The highest BCUT2D eigenvalue weighted by Gasteiger charge is 2.34. The molecule has 0 aliphatic carbocycles. The first-order valence-corrected chi connectivity index (χ1v) is 6.43. The summed E-state index contributed by atoms with van der Waals surface area (Å²) >= 11 is 0. The van der Waals surface area contributed by atoms with Gasteiger partial charge in [0.2, 0.25) is 0 Å². The average Bonchev–Trinajstić information content (AvgIpc) is 2.93. The molecule has 5 nitrogen and oxygen atoms in total. The van der Waals surface area contributed by atoms with Gasteiger partial charge in [0.25, 0.3) is 5.91 Å². The van der Waals surface area contributed by atoms with Crippen molar-refractivity contribution in [3.05, 3.63) is 59.6 Å². The van der Waals surface area contributed by atoms with Gasteiger partial charge in [0.15, 0.2) is 23.0 Å². The molecule has 0 radical (unpaired) electrons. The summed E-state index contributed by atoms with van der Waals surface area (Å²) in [5, 5.41) is 5.63. The first-order chi connectivity index (χ1) is 11.2. The van der Waals surface area contributed by atoms with E-state index in [2.05, 4.69) is 15.4 Å². The van der Waals surface area contributed by atoms with Crippen LogP contribution >= 0.6 is 0 Å². The highest BCUT2D eigenvalue weighted by molar-refractivity contribution is 6.04. The lowest BCUT2D eigenvalue weighted by atomic mass is 10.2. The third-order valence-corrected chi connectivity index (χ3v) is 3.04. The van der Waals surface area contributed by atoms with Gasteiger partial charge in [-0.2, -0.15) is 18.3 Å². The average molecular weight is 342 g/mol. The molecule has 0 saturated carbocycles. The van der Waals surface area contributed by atoms with Crippen LogP contribution in [0.4, 0.5) is 27.6 Å².